The van der Waals surface area contributed by atoms with E-state index in [2.05, 4.69) is 44.3 Å². The lowest BCUT2D eigenvalue weighted by Gasteiger charge is -2.49. The van der Waals surface area contributed by atoms with Crippen LogP contribution in [0.15, 0.2) is 113 Å². The third-order valence-corrected chi connectivity index (χ3v) is 10.9. The number of hydrogen-bond acceptors (Lipinski definition) is 9. The lowest BCUT2D eigenvalue weighted by Crippen LogP contribution is -2.71. The van der Waals surface area contributed by atoms with Crippen molar-refractivity contribution < 1.29 is 24.3 Å². The van der Waals surface area contributed by atoms with Gasteiger partial charge in [0.2, 0.25) is 0 Å². The second-order valence-corrected chi connectivity index (χ2v) is 13.4. The number of thioether (sulfide) groups is 1. The van der Waals surface area contributed by atoms with E-state index in [-0.39, 0.29) is 23.7 Å². The first-order chi connectivity index (χ1) is 23.4. The number of anilines is 1. The Morgan fingerprint density at radius 3 is 2.15 bits per heavy atom. The maximum absolute atomic E-state index is 13.7. The van der Waals surface area contributed by atoms with Crippen molar-refractivity contribution in [3.63, 3.8) is 0 Å². The molecule has 1 unspecified atom stereocenters. The van der Waals surface area contributed by atoms with Crippen LogP contribution in [-0.2, 0) is 24.8 Å². The van der Waals surface area contributed by atoms with Gasteiger partial charge in [-0.3, -0.25) is 14.5 Å². The standard InChI is InChI=1S/C35H28IN5O5S2/c1-2-18-46-40-27(30(42)38-28-31(43)41-29(33(44)45)22(19-36)20-47-32(28)41)26-21-48-34(37-26)39-35(23-12-6-3-7-13-23,24-14-8-4-9-15-24)25-16-10-5-11-17-25/h1,3-17,21,28,32H,18-20H2,(H,37,39)(H,38,42)(H,44,45)/t28?,32-/m0/s1. The molecule has 2 amide bonds. The second-order valence-electron chi connectivity index (χ2n) is 10.7. The minimum atomic E-state index is -1.17. The summed E-state index contributed by atoms with van der Waals surface area (Å²) in [4.78, 5) is 50.1. The predicted molar refractivity (Wildman–Crippen MR) is 195 cm³/mol. The van der Waals surface area contributed by atoms with Crippen molar-refractivity contribution in [3.8, 4) is 12.3 Å². The number of carbonyl (C=O) groups excluding carboxylic acids is 2. The molecule has 13 heteroatoms. The van der Waals surface area contributed by atoms with Crippen molar-refractivity contribution in [2.24, 2.45) is 5.16 Å². The number of carboxylic acid groups (broad SMARTS) is 1. The molecule has 2 aliphatic rings. The number of aromatic nitrogens is 1. The average molecular weight is 790 g/mol. The molecule has 0 aliphatic carbocycles. The summed E-state index contributed by atoms with van der Waals surface area (Å²) in [7, 11) is 0. The van der Waals surface area contributed by atoms with Crippen molar-refractivity contribution in [3.05, 3.63) is 130 Å². The van der Waals surface area contributed by atoms with Crippen molar-refractivity contribution in [1.82, 2.24) is 15.2 Å². The number of rotatable bonds is 12. The van der Waals surface area contributed by atoms with Crippen LogP contribution in [0.5, 0.6) is 0 Å². The number of fused-ring (bicyclic) bond motifs is 1. The van der Waals surface area contributed by atoms with Crippen LogP contribution >= 0.6 is 45.7 Å². The zero-order valence-electron chi connectivity index (χ0n) is 25.2. The van der Waals surface area contributed by atoms with Crippen LogP contribution in [0.4, 0.5) is 5.13 Å². The molecule has 0 bridgehead atoms. The molecule has 1 saturated heterocycles. The first-order valence-corrected chi connectivity index (χ1v) is 18.1. The van der Waals surface area contributed by atoms with Gasteiger partial charge in [0.15, 0.2) is 17.5 Å². The van der Waals surface area contributed by atoms with Crippen molar-refractivity contribution >= 4 is 74.3 Å². The van der Waals surface area contributed by atoms with Gasteiger partial charge in [0, 0.05) is 15.6 Å². The van der Waals surface area contributed by atoms with Crippen LogP contribution in [0.2, 0.25) is 0 Å². The normalized spacial score (nSPS) is 17.5. The van der Waals surface area contributed by atoms with Crippen LogP contribution in [-0.4, -0.2) is 66.7 Å². The molecule has 48 heavy (non-hydrogen) atoms. The number of thiazole rings is 1. The average Bonchev–Trinajstić information content (AvgIpc) is 3.59. The highest BCUT2D eigenvalue weighted by atomic mass is 127. The molecule has 1 fully saturated rings. The van der Waals surface area contributed by atoms with Crippen molar-refractivity contribution in [2.75, 3.05) is 22.1 Å². The van der Waals surface area contributed by atoms with Gasteiger partial charge in [-0.25, -0.2) is 9.78 Å². The molecular weight excluding hydrogens is 761 g/mol. The first-order valence-electron chi connectivity index (χ1n) is 14.7. The number of oxime groups is 1. The Morgan fingerprint density at radius 2 is 1.62 bits per heavy atom. The molecule has 242 valence electrons. The summed E-state index contributed by atoms with van der Waals surface area (Å²) in [6, 6.07) is 29.1. The number of hydrogen-bond donors (Lipinski definition) is 3. The number of carboxylic acids is 1. The van der Waals surface area contributed by atoms with Crippen LogP contribution in [0, 0.1) is 12.3 Å². The summed E-state index contributed by atoms with van der Waals surface area (Å²) in [5.74, 6) is 0.368. The van der Waals surface area contributed by atoms with Gasteiger partial charge in [0.25, 0.3) is 11.8 Å². The van der Waals surface area contributed by atoms with Crippen LogP contribution < -0.4 is 10.6 Å². The fourth-order valence-electron chi connectivity index (χ4n) is 5.72. The minimum absolute atomic E-state index is 0.0242. The van der Waals surface area contributed by atoms with Crippen LogP contribution in [0.3, 0.4) is 0 Å². The number of benzene rings is 3. The molecule has 3 N–H and O–H groups in total. The minimum Gasteiger partial charge on any atom is -0.477 e. The Morgan fingerprint density at radius 1 is 1.04 bits per heavy atom. The molecule has 6 rings (SSSR count). The fraction of sp³-hybridized carbons (Fsp3) is 0.171. The van der Waals surface area contributed by atoms with Gasteiger partial charge in [-0.15, -0.1) is 29.5 Å². The van der Waals surface area contributed by atoms with Crippen molar-refractivity contribution in [1.29, 1.82) is 0 Å². The quantitative estimate of drug-likeness (QED) is 0.0265. The summed E-state index contributed by atoms with van der Waals surface area (Å²) in [5.41, 5.74) is 2.73. The van der Waals surface area contributed by atoms with Gasteiger partial charge in [0.1, 0.15) is 28.3 Å². The zero-order valence-corrected chi connectivity index (χ0v) is 29.0. The van der Waals surface area contributed by atoms with Crippen LogP contribution in [0.25, 0.3) is 0 Å². The van der Waals surface area contributed by atoms with Gasteiger partial charge in [-0.1, -0.05) is 125 Å². The number of alkyl halides is 1. The molecule has 2 atom stereocenters. The van der Waals surface area contributed by atoms with Crippen molar-refractivity contribution in [2.45, 2.75) is 17.0 Å². The number of carbonyl (C=O) groups is 3. The molecule has 0 radical (unpaired) electrons. The first kappa shape index (κ1) is 33.3. The number of amides is 2. The van der Waals surface area contributed by atoms with Crippen LogP contribution in [0.1, 0.15) is 22.4 Å². The van der Waals surface area contributed by atoms with E-state index in [4.69, 9.17) is 16.2 Å². The van der Waals surface area contributed by atoms with Gasteiger partial charge in [0.05, 0.1) is 0 Å². The number of nitrogens with one attached hydrogen (secondary N) is 2. The highest BCUT2D eigenvalue weighted by molar-refractivity contribution is 14.1. The van der Waals surface area contributed by atoms with E-state index in [0.29, 0.717) is 20.9 Å². The molecule has 0 saturated carbocycles. The SMILES string of the molecule is C#CCON=C(C(=O)NC1C(=O)N2C(C(=O)O)=C(CI)CS[C@@H]12)c1csc(NC(c2ccccc2)(c2ccccc2)c2ccccc2)n1. The molecule has 2 aliphatic heterocycles. The number of β-lactam (4-membered cyclic amide) rings is 1. The highest BCUT2D eigenvalue weighted by Crippen LogP contribution is 2.42. The van der Waals surface area contributed by atoms with E-state index >= 15 is 0 Å². The topological polar surface area (TPSA) is 133 Å². The lowest BCUT2D eigenvalue weighted by atomic mass is 9.77. The molecule has 3 heterocycles. The van der Waals surface area contributed by atoms with E-state index in [9.17, 15) is 19.5 Å². The Bertz CT molecular complexity index is 1830. The number of halogens is 1. The summed E-state index contributed by atoms with van der Waals surface area (Å²) in [5, 5.41) is 21.8. The van der Waals surface area contributed by atoms with E-state index in [0.717, 1.165) is 16.7 Å². The maximum Gasteiger partial charge on any atom is 0.352 e. The summed E-state index contributed by atoms with van der Waals surface area (Å²) in [6.07, 6.45) is 5.36. The van der Waals surface area contributed by atoms with Gasteiger partial charge >= 0.3 is 5.97 Å². The molecule has 10 nitrogen and oxygen atoms in total. The Labute approximate surface area is 298 Å². The Hall–Kier alpha value is -4.65. The Balaban J connectivity index is 1.33. The maximum atomic E-state index is 13.7. The second kappa shape index (κ2) is 14.6. The molecule has 3 aromatic carbocycles. The Kier molecular flexibility index (Phi) is 10.1. The summed E-state index contributed by atoms with van der Waals surface area (Å²) in [6.45, 7) is -0.189. The van der Waals surface area contributed by atoms with E-state index < -0.39 is 34.7 Å². The van der Waals surface area contributed by atoms with Gasteiger partial charge < -0.3 is 20.6 Å². The largest absolute Gasteiger partial charge is 0.477 e. The molecular formula is C35H28IN5O5S2. The van der Waals surface area contributed by atoms with E-state index in [1.54, 1.807) is 5.38 Å². The number of terminal acetylenes is 1. The third-order valence-electron chi connectivity index (χ3n) is 7.88. The molecule has 1 aromatic heterocycles. The lowest BCUT2D eigenvalue weighted by molar-refractivity contribution is -0.150. The van der Waals surface area contributed by atoms with Gasteiger partial charge in [-0.2, -0.15) is 0 Å². The monoisotopic (exact) mass is 789 g/mol. The zero-order chi connectivity index (χ0) is 33.7. The fourth-order valence-corrected chi connectivity index (χ4v) is 8.81. The summed E-state index contributed by atoms with van der Waals surface area (Å²) < 4.78 is 0.476. The van der Waals surface area contributed by atoms with Gasteiger partial charge in [-0.05, 0) is 22.3 Å². The highest BCUT2D eigenvalue weighted by Gasteiger charge is 2.54. The van der Waals surface area contributed by atoms with E-state index in [1.165, 1.54) is 28.0 Å². The predicted octanol–water partition coefficient (Wildman–Crippen LogP) is 5.07. The summed E-state index contributed by atoms with van der Waals surface area (Å²) >= 11 is 4.76. The number of nitrogens with zero attached hydrogens (tertiary/aromatic N) is 3. The number of aliphatic carboxylic acids is 1. The van der Waals surface area contributed by atoms with E-state index in [1.807, 2.05) is 91.0 Å². The molecule has 4 aromatic rings. The third kappa shape index (κ3) is 6.30. The molecule has 0 spiro atoms. The smallest absolute Gasteiger partial charge is 0.352 e.